The summed E-state index contributed by atoms with van der Waals surface area (Å²) in [5.41, 5.74) is 13.1. The summed E-state index contributed by atoms with van der Waals surface area (Å²) in [6.07, 6.45) is 12.2. The molecular formula is C61H66F2N14O4S. The van der Waals surface area contributed by atoms with E-state index in [2.05, 4.69) is 78.4 Å². The van der Waals surface area contributed by atoms with E-state index in [1.54, 1.807) is 91.8 Å². The van der Waals surface area contributed by atoms with Crippen LogP contribution in [0, 0.1) is 11.6 Å². The lowest BCUT2D eigenvalue weighted by atomic mass is 10.1. The number of halogens is 2. The van der Waals surface area contributed by atoms with Gasteiger partial charge >= 0.3 is 0 Å². The van der Waals surface area contributed by atoms with Crippen LogP contribution in [0.3, 0.4) is 0 Å². The highest BCUT2D eigenvalue weighted by Gasteiger charge is 2.19. The van der Waals surface area contributed by atoms with E-state index in [0.717, 1.165) is 72.5 Å². The summed E-state index contributed by atoms with van der Waals surface area (Å²) in [7, 11) is 3.67. The SMILES string of the molecule is C.C.C.CNc1ccc(Oc2ccnc(NC(=O)CN3CCC3)c2)cc1N.Cn1c(Nc2cc(-c3ccncc3)ccc2F)nc2cc(Oc3ccnc(NC(=O)CN4CCC4)c3)ccc21.Fc1ccc(-c2ccncc2)cc1N=C=S. The summed E-state index contributed by atoms with van der Waals surface area (Å²) in [4.78, 5) is 53.0. The molecule has 0 saturated carbocycles. The molecule has 0 unspecified atom stereocenters. The number of amides is 2. The Bertz CT molecular complexity index is 3640. The molecule has 2 aliphatic rings. The highest BCUT2D eigenvalue weighted by Crippen LogP contribution is 2.33. The van der Waals surface area contributed by atoms with Gasteiger partial charge in [-0.15, -0.1) is 0 Å². The van der Waals surface area contributed by atoms with Gasteiger partial charge in [-0.25, -0.2) is 23.7 Å². The molecule has 21 heteroatoms. The Hall–Kier alpha value is -9.53. The first-order valence-corrected chi connectivity index (χ1v) is 25.5. The summed E-state index contributed by atoms with van der Waals surface area (Å²) >= 11 is 4.46. The summed E-state index contributed by atoms with van der Waals surface area (Å²) in [5.74, 6) is 2.75. The predicted molar refractivity (Wildman–Crippen MR) is 327 cm³/mol. The van der Waals surface area contributed by atoms with Gasteiger partial charge in [0.25, 0.3) is 0 Å². The van der Waals surface area contributed by atoms with Crippen molar-refractivity contribution in [1.29, 1.82) is 0 Å². The average Bonchev–Trinajstić information content (AvgIpc) is 3.86. The van der Waals surface area contributed by atoms with Gasteiger partial charge in [0, 0.05) is 75.5 Å². The lowest BCUT2D eigenvalue weighted by molar-refractivity contribution is -0.118. The second-order valence-electron chi connectivity index (χ2n) is 18.1. The molecule has 0 spiro atoms. The number of isothiocyanates is 1. The Kier molecular flexibility index (Phi) is 22.3. The minimum absolute atomic E-state index is 0. The Morgan fingerprint density at radius 2 is 1.13 bits per heavy atom. The molecule has 9 aromatic rings. The first-order valence-electron chi connectivity index (χ1n) is 25.1. The molecule has 2 saturated heterocycles. The number of pyridine rings is 4. The number of fused-ring (bicyclic) bond motifs is 1. The van der Waals surface area contributed by atoms with Crippen molar-refractivity contribution in [3.05, 3.63) is 170 Å². The van der Waals surface area contributed by atoms with Crippen LogP contribution in [0.4, 0.5) is 49.1 Å². The molecule has 0 atom stereocenters. The first-order chi connectivity index (χ1) is 38.5. The molecule has 11 rings (SSSR count). The van der Waals surface area contributed by atoms with Gasteiger partial charge in [-0.1, -0.05) is 34.4 Å². The number of aliphatic imine (C=N–C) groups is 1. The molecule has 6 N–H and O–H groups in total. The number of nitrogens with two attached hydrogens (primary N) is 1. The second-order valence-corrected chi connectivity index (χ2v) is 18.3. The van der Waals surface area contributed by atoms with Crippen LogP contribution < -0.4 is 36.5 Å². The predicted octanol–water partition coefficient (Wildman–Crippen LogP) is 13.0. The molecule has 2 amide bonds. The van der Waals surface area contributed by atoms with E-state index in [1.807, 2.05) is 73.3 Å². The van der Waals surface area contributed by atoms with Crippen molar-refractivity contribution in [2.45, 2.75) is 35.1 Å². The van der Waals surface area contributed by atoms with Gasteiger partial charge in [0.05, 0.1) is 46.3 Å². The molecule has 5 aromatic heterocycles. The number of nitrogens with one attached hydrogen (secondary N) is 4. The summed E-state index contributed by atoms with van der Waals surface area (Å²) < 4.78 is 41.7. The van der Waals surface area contributed by atoms with Crippen LogP contribution in [0.15, 0.2) is 164 Å². The van der Waals surface area contributed by atoms with Gasteiger partial charge in [0.15, 0.2) is 0 Å². The third-order valence-corrected chi connectivity index (χ3v) is 12.7. The fourth-order valence-electron chi connectivity index (χ4n) is 8.23. The largest absolute Gasteiger partial charge is 0.457 e. The molecule has 0 bridgehead atoms. The molecule has 7 heterocycles. The van der Waals surface area contributed by atoms with Crippen LogP contribution in [0.25, 0.3) is 33.3 Å². The molecule has 424 valence electrons. The number of nitrogens with zero attached hydrogens (tertiary/aromatic N) is 9. The Morgan fingerprint density at radius 3 is 1.65 bits per heavy atom. The second kappa shape index (κ2) is 29.6. The number of aryl methyl sites for hydroxylation is 1. The van der Waals surface area contributed by atoms with Crippen molar-refractivity contribution in [2.75, 3.05) is 73.3 Å². The Labute approximate surface area is 481 Å². The van der Waals surface area contributed by atoms with E-state index < -0.39 is 5.82 Å². The van der Waals surface area contributed by atoms with Crippen molar-refractivity contribution in [3.8, 4) is 45.3 Å². The number of thiocarbonyl (C=S) groups is 1. The number of hydrogen-bond acceptors (Lipinski definition) is 16. The van der Waals surface area contributed by atoms with Crippen molar-refractivity contribution < 1.29 is 27.8 Å². The zero-order valence-electron chi connectivity index (χ0n) is 43.1. The van der Waals surface area contributed by atoms with Crippen LogP contribution in [0.2, 0.25) is 0 Å². The van der Waals surface area contributed by atoms with Crippen molar-refractivity contribution in [3.63, 3.8) is 0 Å². The normalized spacial score (nSPS) is 12.2. The van der Waals surface area contributed by atoms with Crippen LogP contribution >= 0.6 is 12.2 Å². The maximum atomic E-state index is 14.7. The summed E-state index contributed by atoms with van der Waals surface area (Å²) in [6, 6.07) is 34.8. The van der Waals surface area contributed by atoms with Crippen molar-refractivity contribution in [1.82, 2.24) is 39.3 Å². The number of nitrogen functional groups attached to an aromatic ring is 1. The molecule has 82 heavy (non-hydrogen) atoms. The van der Waals surface area contributed by atoms with Gasteiger partial charge in [-0.2, -0.15) is 4.99 Å². The average molecular weight is 1130 g/mol. The van der Waals surface area contributed by atoms with E-state index in [9.17, 15) is 18.4 Å². The van der Waals surface area contributed by atoms with Crippen LogP contribution in [-0.2, 0) is 16.6 Å². The molecule has 18 nitrogen and oxygen atoms in total. The molecule has 2 aliphatic heterocycles. The number of aromatic nitrogens is 6. The van der Waals surface area contributed by atoms with E-state index in [0.29, 0.717) is 70.6 Å². The van der Waals surface area contributed by atoms with Crippen LogP contribution in [0.1, 0.15) is 35.1 Å². The number of hydrogen-bond donors (Lipinski definition) is 5. The number of rotatable bonds is 16. The van der Waals surface area contributed by atoms with E-state index in [1.165, 1.54) is 12.1 Å². The zero-order chi connectivity index (χ0) is 55.1. The summed E-state index contributed by atoms with van der Waals surface area (Å²) in [5, 5.41) is 13.9. The minimum atomic E-state index is -0.407. The van der Waals surface area contributed by atoms with Crippen LogP contribution in [0.5, 0.6) is 23.0 Å². The molecule has 4 aromatic carbocycles. The molecule has 0 aliphatic carbocycles. The number of anilines is 6. The number of carbonyl (C=O) groups excluding carboxylic acids is 2. The molecular weight excluding hydrogens is 1060 g/mol. The maximum Gasteiger partial charge on any atom is 0.239 e. The number of carbonyl (C=O) groups is 2. The third kappa shape index (κ3) is 16.5. The van der Waals surface area contributed by atoms with Gasteiger partial charge < -0.3 is 41.0 Å². The van der Waals surface area contributed by atoms with Gasteiger partial charge in [0.1, 0.15) is 52.0 Å². The number of imidazole rings is 1. The van der Waals surface area contributed by atoms with E-state index >= 15 is 0 Å². The van der Waals surface area contributed by atoms with E-state index in [4.69, 9.17) is 15.2 Å². The Morgan fingerprint density at radius 1 is 0.622 bits per heavy atom. The van der Waals surface area contributed by atoms with E-state index in [-0.39, 0.29) is 45.6 Å². The third-order valence-electron chi connectivity index (χ3n) is 12.6. The molecule has 0 radical (unpaired) electrons. The minimum Gasteiger partial charge on any atom is -0.457 e. The quantitative estimate of drug-likeness (QED) is 0.0346. The fraction of sp³-hybridized carbons (Fsp3) is 0.213. The van der Waals surface area contributed by atoms with Gasteiger partial charge in [0.2, 0.25) is 17.8 Å². The van der Waals surface area contributed by atoms with Gasteiger partial charge in [-0.3, -0.25) is 29.4 Å². The van der Waals surface area contributed by atoms with Crippen LogP contribution in [-0.4, -0.2) is 103 Å². The highest BCUT2D eigenvalue weighted by atomic mass is 32.1. The standard InChI is InChI=1S/C29H26FN7O2.C17H21N5O2.C12H7FN2S.3CH4/c1-36-26-6-4-21(39-22-9-12-32-27(17-22)35-28(38)18-37-13-2-14-37)16-25(26)34-29(36)33-24-15-20(3-5-23(24)30)19-7-10-31-11-8-19;1-19-15-4-3-12(9-14(15)18)24-13-5-6-20-16(10-13)21-17(23)11-22-7-2-8-22;13-11-2-1-10(7-12(11)15-8-16)9-3-5-14-6-4-9;;;/h3-12,15-17H,2,13-14,18H2,1H3,(H,33,34)(H,32,35,38);3-6,9-10,19H,2,7-8,11,18H2,1H3,(H,20,21,23);1-7H;3*1H4. The number of ether oxygens (including phenoxy) is 2. The maximum absolute atomic E-state index is 14.7. The van der Waals surface area contributed by atoms with Crippen molar-refractivity contribution >= 4 is 80.6 Å². The Balaban J connectivity index is 0.000000215. The summed E-state index contributed by atoms with van der Waals surface area (Å²) in [6.45, 7) is 4.61. The number of benzene rings is 4. The fourth-order valence-corrected chi connectivity index (χ4v) is 8.33. The highest BCUT2D eigenvalue weighted by molar-refractivity contribution is 7.78. The topological polar surface area (TPSA) is 215 Å². The lowest BCUT2D eigenvalue weighted by Gasteiger charge is -2.29. The smallest absolute Gasteiger partial charge is 0.239 e. The lowest BCUT2D eigenvalue weighted by Crippen LogP contribution is -2.42. The zero-order valence-corrected chi connectivity index (χ0v) is 43.9. The first kappa shape index (κ1) is 61.7. The molecule has 2 fully saturated rings. The monoisotopic (exact) mass is 1130 g/mol. The van der Waals surface area contributed by atoms with Crippen molar-refractivity contribution in [2.24, 2.45) is 12.0 Å². The number of likely N-dealkylation sites (tertiary alicyclic amines) is 2. The van der Waals surface area contributed by atoms with Gasteiger partial charge in [-0.05, 0) is 158 Å².